The maximum Gasteiger partial charge on any atom is 0.251 e. The van der Waals surface area contributed by atoms with Gasteiger partial charge in [-0.3, -0.25) is 4.79 Å². The number of carbonyl (C=O) groups is 1. The molecule has 0 aliphatic rings. The van der Waals surface area contributed by atoms with Crippen LogP contribution in [-0.2, 0) is 11.2 Å². The van der Waals surface area contributed by atoms with Crippen LogP contribution < -0.4 is 5.32 Å². The van der Waals surface area contributed by atoms with E-state index in [4.69, 9.17) is 0 Å². The number of carbonyl (C=O) groups excluding carboxylic acids is 1. The van der Waals surface area contributed by atoms with Gasteiger partial charge in [0.25, 0.3) is 5.95 Å². The van der Waals surface area contributed by atoms with E-state index in [1.807, 2.05) is 46.0 Å². The lowest BCUT2D eigenvalue weighted by atomic mass is 10.1. The van der Waals surface area contributed by atoms with E-state index >= 15 is 0 Å². The van der Waals surface area contributed by atoms with Crippen LogP contribution in [0.4, 0.5) is 5.69 Å². The zero-order valence-corrected chi connectivity index (χ0v) is 17.3. The van der Waals surface area contributed by atoms with E-state index in [9.17, 15) is 4.79 Å². The molecular formula is C21H22N8O. The molecule has 0 spiro atoms. The Morgan fingerprint density at radius 1 is 1.10 bits per heavy atom. The summed E-state index contributed by atoms with van der Waals surface area (Å²) in [5.41, 5.74) is 4.84. The molecule has 0 aliphatic carbocycles. The molecule has 0 fully saturated rings. The summed E-state index contributed by atoms with van der Waals surface area (Å²) < 4.78 is 3.35. The first-order valence-corrected chi connectivity index (χ1v) is 9.54. The fourth-order valence-corrected chi connectivity index (χ4v) is 3.29. The highest BCUT2D eigenvalue weighted by Gasteiger charge is 2.18. The van der Waals surface area contributed by atoms with Gasteiger partial charge < -0.3 is 5.32 Å². The van der Waals surface area contributed by atoms with E-state index in [0.717, 1.165) is 28.3 Å². The molecule has 4 rings (SSSR count). The Kier molecular flexibility index (Phi) is 5.09. The Morgan fingerprint density at radius 2 is 1.87 bits per heavy atom. The summed E-state index contributed by atoms with van der Waals surface area (Å²) >= 11 is 0. The summed E-state index contributed by atoms with van der Waals surface area (Å²) in [6.07, 6.45) is 5.30. The van der Waals surface area contributed by atoms with E-state index in [2.05, 4.69) is 30.5 Å². The van der Waals surface area contributed by atoms with Crippen molar-refractivity contribution in [1.82, 2.24) is 34.5 Å². The van der Waals surface area contributed by atoms with Gasteiger partial charge in [0.2, 0.25) is 5.91 Å². The van der Waals surface area contributed by atoms with Crippen molar-refractivity contribution in [2.75, 3.05) is 5.32 Å². The van der Waals surface area contributed by atoms with E-state index in [1.54, 1.807) is 33.9 Å². The first-order chi connectivity index (χ1) is 14.4. The zero-order chi connectivity index (χ0) is 21.3. The number of pyridine rings is 1. The van der Waals surface area contributed by atoms with E-state index in [1.165, 1.54) is 0 Å². The number of amides is 1. The molecule has 9 nitrogen and oxygen atoms in total. The number of nitrogens with one attached hydrogen (secondary N) is 1. The third kappa shape index (κ3) is 3.95. The van der Waals surface area contributed by atoms with Crippen LogP contribution in [0.1, 0.15) is 28.3 Å². The van der Waals surface area contributed by atoms with Gasteiger partial charge in [-0.25, -0.2) is 24.3 Å². The number of hydrogen-bond acceptors (Lipinski definition) is 6. The van der Waals surface area contributed by atoms with E-state index in [0.29, 0.717) is 17.5 Å². The number of rotatable bonds is 5. The van der Waals surface area contributed by atoms with Crippen LogP contribution in [0.25, 0.3) is 11.8 Å². The van der Waals surface area contributed by atoms with Crippen molar-refractivity contribution in [3.8, 4) is 11.8 Å². The number of hydrogen-bond donors (Lipinski definition) is 1. The SMILES string of the molecule is Cc1cc(C)nc(-n2nc(C)c(CC(=O)Nc3ccc(-n4cccn4)nc3)c2C)n1. The monoisotopic (exact) mass is 402 g/mol. The number of anilines is 1. The third-order valence-electron chi connectivity index (χ3n) is 4.71. The van der Waals surface area contributed by atoms with Crippen LogP contribution in [0.15, 0.2) is 42.9 Å². The largest absolute Gasteiger partial charge is 0.324 e. The fraction of sp³-hybridized carbons (Fsp3) is 0.238. The summed E-state index contributed by atoms with van der Waals surface area (Å²) in [4.78, 5) is 25.9. The number of aromatic nitrogens is 7. The van der Waals surface area contributed by atoms with Gasteiger partial charge in [0.05, 0.1) is 24.0 Å². The normalized spacial score (nSPS) is 10.9. The van der Waals surface area contributed by atoms with Crippen molar-refractivity contribution in [2.24, 2.45) is 0 Å². The minimum atomic E-state index is -0.143. The van der Waals surface area contributed by atoms with Crippen molar-refractivity contribution in [1.29, 1.82) is 0 Å². The second-order valence-corrected chi connectivity index (χ2v) is 7.09. The molecule has 1 amide bonds. The van der Waals surface area contributed by atoms with Gasteiger partial charge in [0.15, 0.2) is 5.82 Å². The quantitative estimate of drug-likeness (QED) is 0.550. The Labute approximate surface area is 173 Å². The van der Waals surface area contributed by atoms with Gasteiger partial charge in [-0.1, -0.05) is 0 Å². The minimum Gasteiger partial charge on any atom is -0.324 e. The van der Waals surface area contributed by atoms with Crippen molar-refractivity contribution < 1.29 is 4.79 Å². The summed E-state index contributed by atoms with van der Waals surface area (Å²) in [6.45, 7) is 7.65. The highest BCUT2D eigenvalue weighted by molar-refractivity contribution is 5.92. The van der Waals surface area contributed by atoms with Crippen molar-refractivity contribution in [2.45, 2.75) is 34.1 Å². The minimum absolute atomic E-state index is 0.143. The lowest BCUT2D eigenvalue weighted by Gasteiger charge is -2.07. The van der Waals surface area contributed by atoms with Crippen LogP contribution >= 0.6 is 0 Å². The Morgan fingerprint density at radius 3 is 2.50 bits per heavy atom. The van der Waals surface area contributed by atoms with Gasteiger partial charge in [0.1, 0.15) is 0 Å². The van der Waals surface area contributed by atoms with Gasteiger partial charge >= 0.3 is 0 Å². The van der Waals surface area contributed by atoms with Crippen molar-refractivity contribution >= 4 is 11.6 Å². The molecule has 152 valence electrons. The molecule has 1 N–H and O–H groups in total. The maximum absolute atomic E-state index is 12.6. The zero-order valence-electron chi connectivity index (χ0n) is 17.3. The molecule has 0 aliphatic heterocycles. The second-order valence-electron chi connectivity index (χ2n) is 7.09. The molecule has 0 aromatic carbocycles. The average Bonchev–Trinajstić information content (AvgIpc) is 3.32. The Balaban J connectivity index is 1.50. The van der Waals surface area contributed by atoms with Gasteiger partial charge in [-0.2, -0.15) is 10.2 Å². The molecule has 4 heterocycles. The molecule has 9 heteroatoms. The number of aryl methyl sites for hydroxylation is 3. The van der Waals surface area contributed by atoms with Crippen molar-refractivity contribution in [3.05, 3.63) is 71.2 Å². The smallest absolute Gasteiger partial charge is 0.251 e. The molecule has 4 aromatic heterocycles. The summed E-state index contributed by atoms with van der Waals surface area (Å²) in [6, 6.07) is 7.34. The lowest BCUT2D eigenvalue weighted by molar-refractivity contribution is -0.115. The van der Waals surface area contributed by atoms with Crippen molar-refractivity contribution in [3.63, 3.8) is 0 Å². The van der Waals surface area contributed by atoms with Crippen LogP contribution in [0, 0.1) is 27.7 Å². The Hall–Kier alpha value is -3.88. The molecule has 0 unspecified atom stereocenters. The van der Waals surface area contributed by atoms with Crippen LogP contribution in [0.2, 0.25) is 0 Å². The summed E-state index contributed by atoms with van der Waals surface area (Å²) in [5.74, 6) is 1.05. The average molecular weight is 402 g/mol. The van der Waals surface area contributed by atoms with Crippen LogP contribution in [-0.4, -0.2) is 40.4 Å². The standard InChI is InChI=1S/C21H22N8O/c1-13-10-14(2)25-21(24-13)29-16(4)18(15(3)27-29)11-20(30)26-17-6-7-19(22-12-17)28-9-5-8-23-28/h5-10,12H,11H2,1-4H3,(H,26,30). The maximum atomic E-state index is 12.6. The van der Waals surface area contributed by atoms with Crippen LogP contribution in [0.3, 0.4) is 0 Å². The first-order valence-electron chi connectivity index (χ1n) is 9.54. The molecule has 0 saturated heterocycles. The summed E-state index contributed by atoms with van der Waals surface area (Å²) in [5, 5.41) is 11.6. The van der Waals surface area contributed by atoms with Gasteiger partial charge in [0, 0.05) is 35.0 Å². The Bertz CT molecular complexity index is 1170. The molecule has 30 heavy (non-hydrogen) atoms. The molecule has 4 aromatic rings. The predicted molar refractivity (Wildman–Crippen MR) is 112 cm³/mol. The van der Waals surface area contributed by atoms with Gasteiger partial charge in [-0.05, 0) is 52.0 Å². The first kappa shape index (κ1) is 19.4. The fourth-order valence-electron chi connectivity index (χ4n) is 3.29. The van der Waals surface area contributed by atoms with Gasteiger partial charge in [-0.15, -0.1) is 0 Å². The molecular weight excluding hydrogens is 380 g/mol. The second kappa shape index (κ2) is 7.86. The molecule has 0 radical (unpaired) electrons. The highest BCUT2D eigenvalue weighted by Crippen LogP contribution is 2.18. The molecule has 0 saturated carbocycles. The summed E-state index contributed by atoms with van der Waals surface area (Å²) in [7, 11) is 0. The number of nitrogens with zero attached hydrogens (tertiary/aromatic N) is 7. The molecule has 0 atom stereocenters. The predicted octanol–water partition coefficient (Wildman–Crippen LogP) is 2.66. The van der Waals surface area contributed by atoms with E-state index in [-0.39, 0.29) is 12.3 Å². The highest BCUT2D eigenvalue weighted by atomic mass is 16.1. The van der Waals surface area contributed by atoms with Crippen LogP contribution in [0.5, 0.6) is 0 Å². The third-order valence-corrected chi connectivity index (χ3v) is 4.71. The topological polar surface area (TPSA) is 103 Å². The van der Waals surface area contributed by atoms with E-state index < -0.39 is 0 Å². The lowest BCUT2D eigenvalue weighted by Crippen LogP contribution is -2.16. The molecule has 0 bridgehead atoms.